The van der Waals surface area contributed by atoms with Crippen LogP contribution in [0.1, 0.15) is 19.8 Å². The summed E-state index contributed by atoms with van der Waals surface area (Å²) in [5, 5.41) is 10.9. The van der Waals surface area contributed by atoms with E-state index in [1.54, 1.807) is 6.92 Å². The molecule has 0 saturated carbocycles. The summed E-state index contributed by atoms with van der Waals surface area (Å²) in [6.07, 6.45) is 1.75. The molecule has 1 saturated heterocycles. The molecule has 118 valence electrons. The molecule has 1 heterocycles. The molecule has 1 fully saturated rings. The summed E-state index contributed by atoms with van der Waals surface area (Å²) in [5.41, 5.74) is 0.309. The molecule has 1 aromatic carbocycles. The van der Waals surface area contributed by atoms with Crippen molar-refractivity contribution in [1.29, 1.82) is 0 Å². The van der Waals surface area contributed by atoms with Gasteiger partial charge in [0, 0.05) is 38.7 Å². The van der Waals surface area contributed by atoms with E-state index >= 15 is 0 Å². The number of hydrogen-bond acceptors (Lipinski definition) is 3. The molecule has 7 nitrogen and oxygen atoms in total. The largest absolute Gasteiger partial charge is 0.363 e. The third-order valence-electron chi connectivity index (χ3n) is 3.54. The third-order valence-corrected chi connectivity index (χ3v) is 3.84. The van der Waals surface area contributed by atoms with Crippen LogP contribution < -0.4 is 4.90 Å². The van der Waals surface area contributed by atoms with Crippen LogP contribution in [0.2, 0.25) is 5.02 Å². The zero-order chi connectivity index (χ0) is 16.3. The summed E-state index contributed by atoms with van der Waals surface area (Å²) in [6, 6.07) is 3.62. The maximum Gasteiger partial charge on any atom is 0.349 e. The van der Waals surface area contributed by atoms with Crippen molar-refractivity contribution in [3.05, 3.63) is 33.3 Å². The normalized spacial score (nSPS) is 16.1. The molecule has 0 N–H and O–H groups in total. The minimum Gasteiger partial charge on any atom is -0.363 e. The molecular weight excluding hydrogens is 308 g/mol. The van der Waals surface area contributed by atoms with Gasteiger partial charge < -0.3 is 4.90 Å². The molecule has 0 radical (unpaired) electrons. The first-order chi connectivity index (χ1) is 10.4. The van der Waals surface area contributed by atoms with Crippen LogP contribution in [0.3, 0.4) is 0 Å². The van der Waals surface area contributed by atoms with Crippen molar-refractivity contribution in [2.75, 3.05) is 25.0 Å². The smallest absolute Gasteiger partial charge is 0.349 e. The van der Waals surface area contributed by atoms with E-state index in [0.29, 0.717) is 12.2 Å². The summed E-state index contributed by atoms with van der Waals surface area (Å²) in [6.45, 7) is 3.06. The lowest BCUT2D eigenvalue weighted by molar-refractivity contribution is -0.384. The number of anilines is 1. The van der Waals surface area contributed by atoms with Crippen LogP contribution >= 0.6 is 11.6 Å². The number of urea groups is 1. The lowest BCUT2D eigenvalue weighted by Gasteiger charge is -2.20. The highest BCUT2D eigenvalue weighted by Crippen LogP contribution is 2.30. The summed E-state index contributed by atoms with van der Waals surface area (Å²) in [7, 11) is 1.90. The third kappa shape index (κ3) is 3.36. The number of hydrogen-bond donors (Lipinski definition) is 0. The number of nitro groups is 1. The summed E-state index contributed by atoms with van der Waals surface area (Å²) in [5.74, 6) is 0.751. The van der Waals surface area contributed by atoms with Crippen LogP contribution in [-0.4, -0.2) is 41.8 Å². The highest BCUT2D eigenvalue weighted by atomic mass is 35.5. The van der Waals surface area contributed by atoms with Gasteiger partial charge in [-0.05, 0) is 19.4 Å². The first-order valence-electron chi connectivity index (χ1n) is 6.98. The van der Waals surface area contributed by atoms with Gasteiger partial charge in [-0.15, -0.1) is 0 Å². The Labute approximate surface area is 133 Å². The molecule has 0 spiro atoms. The molecule has 0 aliphatic carbocycles. The maximum absolute atomic E-state index is 12.4. The Bertz CT molecular complexity index is 633. The second-order valence-corrected chi connectivity index (χ2v) is 5.38. The molecule has 0 unspecified atom stereocenters. The number of aliphatic imine (C=N–C) groups is 1. The van der Waals surface area contributed by atoms with Crippen molar-refractivity contribution in [2.24, 2.45) is 4.99 Å². The molecule has 1 aliphatic heterocycles. The lowest BCUT2D eigenvalue weighted by atomic mass is 10.2. The Hall–Kier alpha value is -2.15. The van der Waals surface area contributed by atoms with Gasteiger partial charge in [-0.25, -0.2) is 4.79 Å². The number of amidine groups is 1. The van der Waals surface area contributed by atoms with Gasteiger partial charge in [-0.2, -0.15) is 4.99 Å². The number of likely N-dealkylation sites (tertiary alicyclic amines) is 1. The Kier molecular flexibility index (Phi) is 4.97. The van der Waals surface area contributed by atoms with Crippen LogP contribution in [0.4, 0.5) is 16.2 Å². The minimum absolute atomic E-state index is 0.112. The van der Waals surface area contributed by atoms with Crippen LogP contribution in [0.5, 0.6) is 0 Å². The Balaban J connectivity index is 2.28. The van der Waals surface area contributed by atoms with Crippen molar-refractivity contribution in [3.63, 3.8) is 0 Å². The second-order valence-electron chi connectivity index (χ2n) is 4.97. The van der Waals surface area contributed by atoms with E-state index in [1.165, 1.54) is 23.1 Å². The number of amides is 2. The molecule has 2 rings (SSSR count). The van der Waals surface area contributed by atoms with Crippen molar-refractivity contribution in [1.82, 2.24) is 4.90 Å². The number of carbonyl (C=O) groups excluding carboxylic acids is 1. The van der Waals surface area contributed by atoms with E-state index in [0.717, 1.165) is 25.2 Å². The van der Waals surface area contributed by atoms with E-state index in [1.807, 2.05) is 11.9 Å². The topological polar surface area (TPSA) is 79.0 Å². The van der Waals surface area contributed by atoms with Gasteiger partial charge in [-0.1, -0.05) is 11.6 Å². The van der Waals surface area contributed by atoms with Gasteiger partial charge in [-0.3, -0.25) is 15.0 Å². The Morgan fingerprint density at radius 3 is 2.77 bits per heavy atom. The van der Waals surface area contributed by atoms with E-state index in [9.17, 15) is 14.9 Å². The number of halogens is 1. The minimum atomic E-state index is -0.526. The van der Waals surface area contributed by atoms with Crippen molar-refractivity contribution >= 4 is 34.8 Å². The second kappa shape index (κ2) is 6.74. The SMILES string of the molecule is CCN(C(=O)N=C1CCCN1C)c1ccc([N+](=O)[O-])cc1Cl. The quantitative estimate of drug-likeness (QED) is 0.631. The van der Waals surface area contributed by atoms with Crippen LogP contribution in [-0.2, 0) is 0 Å². The van der Waals surface area contributed by atoms with Gasteiger partial charge in [0.2, 0.25) is 0 Å². The number of nitro benzene ring substituents is 1. The first-order valence-corrected chi connectivity index (χ1v) is 7.36. The zero-order valence-electron chi connectivity index (χ0n) is 12.5. The van der Waals surface area contributed by atoms with E-state index in [2.05, 4.69) is 4.99 Å². The van der Waals surface area contributed by atoms with E-state index < -0.39 is 11.0 Å². The van der Waals surface area contributed by atoms with Crippen molar-refractivity contribution in [3.8, 4) is 0 Å². The maximum atomic E-state index is 12.4. The molecule has 0 aromatic heterocycles. The van der Waals surface area contributed by atoms with Crippen LogP contribution in [0.25, 0.3) is 0 Å². The zero-order valence-corrected chi connectivity index (χ0v) is 13.2. The Morgan fingerprint density at radius 1 is 1.55 bits per heavy atom. The fourth-order valence-electron chi connectivity index (χ4n) is 2.34. The highest BCUT2D eigenvalue weighted by Gasteiger charge is 2.21. The molecule has 22 heavy (non-hydrogen) atoms. The van der Waals surface area contributed by atoms with Crippen molar-refractivity contribution < 1.29 is 9.72 Å². The van der Waals surface area contributed by atoms with E-state index in [-0.39, 0.29) is 10.7 Å². The molecule has 2 amide bonds. The summed E-state index contributed by atoms with van der Waals surface area (Å²) >= 11 is 6.08. The monoisotopic (exact) mass is 324 g/mol. The van der Waals surface area contributed by atoms with Gasteiger partial charge in [0.1, 0.15) is 5.84 Å². The first kappa shape index (κ1) is 16.2. The fraction of sp³-hybridized carbons (Fsp3) is 0.429. The summed E-state index contributed by atoms with van der Waals surface area (Å²) in [4.78, 5) is 30.1. The number of benzene rings is 1. The predicted molar refractivity (Wildman–Crippen MR) is 85.8 cm³/mol. The van der Waals surface area contributed by atoms with E-state index in [4.69, 9.17) is 11.6 Å². The Morgan fingerprint density at radius 2 is 2.27 bits per heavy atom. The average Bonchev–Trinajstić information content (AvgIpc) is 2.86. The van der Waals surface area contributed by atoms with Crippen LogP contribution in [0.15, 0.2) is 23.2 Å². The molecule has 1 aromatic rings. The van der Waals surface area contributed by atoms with Gasteiger partial charge in [0.05, 0.1) is 15.6 Å². The lowest BCUT2D eigenvalue weighted by Crippen LogP contribution is -2.30. The number of carbonyl (C=O) groups is 1. The molecule has 1 aliphatic rings. The highest BCUT2D eigenvalue weighted by molar-refractivity contribution is 6.34. The fourth-order valence-corrected chi connectivity index (χ4v) is 2.62. The molecule has 0 bridgehead atoms. The van der Waals surface area contributed by atoms with Gasteiger partial charge in [0.25, 0.3) is 5.69 Å². The average molecular weight is 325 g/mol. The van der Waals surface area contributed by atoms with Gasteiger partial charge in [0.15, 0.2) is 0 Å². The molecular formula is C14H17ClN4O3. The van der Waals surface area contributed by atoms with Crippen LogP contribution in [0, 0.1) is 10.1 Å². The number of rotatable bonds is 3. The molecule has 8 heteroatoms. The van der Waals surface area contributed by atoms with Gasteiger partial charge >= 0.3 is 6.03 Å². The standard InChI is InChI=1S/C14H17ClN4O3/c1-3-18(14(20)16-13-5-4-8-17(13)2)12-7-6-10(19(21)22)9-11(12)15/h6-7,9H,3-5,8H2,1-2H3. The summed E-state index contributed by atoms with van der Waals surface area (Å²) < 4.78 is 0. The molecule has 0 atom stereocenters. The van der Waals surface area contributed by atoms with Crippen molar-refractivity contribution in [2.45, 2.75) is 19.8 Å². The number of nitrogens with zero attached hydrogens (tertiary/aromatic N) is 4. The number of non-ortho nitro benzene ring substituents is 1. The predicted octanol–water partition coefficient (Wildman–Crippen LogP) is 3.32.